The molecule has 0 saturated heterocycles. The minimum Gasteiger partial charge on any atom is -0.486 e. The van der Waals surface area contributed by atoms with Crippen molar-refractivity contribution in [1.29, 1.82) is 0 Å². The van der Waals surface area contributed by atoms with E-state index >= 15 is 0 Å². The highest BCUT2D eigenvalue weighted by atomic mass is 16.6. The average Bonchev–Trinajstić information content (AvgIpc) is 2.53. The summed E-state index contributed by atoms with van der Waals surface area (Å²) in [6.45, 7) is 1.21. The van der Waals surface area contributed by atoms with Gasteiger partial charge in [-0.2, -0.15) is 0 Å². The zero-order chi connectivity index (χ0) is 13.8. The van der Waals surface area contributed by atoms with Crippen LogP contribution >= 0.6 is 0 Å². The molecule has 4 heteroatoms. The minimum absolute atomic E-state index is 0.154. The van der Waals surface area contributed by atoms with E-state index in [1.165, 1.54) is 0 Å². The Bertz CT molecular complexity index is 572. The zero-order valence-corrected chi connectivity index (χ0v) is 11.5. The molecule has 3 rings (SSSR count). The summed E-state index contributed by atoms with van der Waals surface area (Å²) in [5.74, 6) is 1.68. The highest BCUT2D eigenvalue weighted by Crippen LogP contribution is 2.37. The van der Waals surface area contributed by atoms with Crippen LogP contribution in [0.5, 0.6) is 11.5 Å². The first kappa shape index (κ1) is 12.9. The van der Waals surface area contributed by atoms with Gasteiger partial charge in [0, 0.05) is 29.9 Å². The molecule has 1 aliphatic rings. The van der Waals surface area contributed by atoms with Gasteiger partial charge in [-0.15, -0.1) is 0 Å². The number of para-hydroxylation sites is 1. The van der Waals surface area contributed by atoms with Crippen LogP contribution in [0.3, 0.4) is 0 Å². The van der Waals surface area contributed by atoms with Gasteiger partial charge < -0.3 is 14.8 Å². The van der Waals surface area contributed by atoms with Crippen LogP contribution in [-0.4, -0.2) is 25.2 Å². The van der Waals surface area contributed by atoms with Crippen molar-refractivity contribution in [2.75, 3.05) is 20.3 Å². The second-order valence-electron chi connectivity index (χ2n) is 4.74. The second-order valence-corrected chi connectivity index (χ2v) is 4.74. The molecule has 1 aliphatic heterocycles. The SMILES string of the molecule is CNC(Cc1ccccn1)c1cccc2c1OCCO2. The van der Waals surface area contributed by atoms with E-state index in [4.69, 9.17) is 9.47 Å². The first-order valence-electron chi connectivity index (χ1n) is 6.84. The van der Waals surface area contributed by atoms with Gasteiger partial charge in [-0.25, -0.2) is 0 Å². The monoisotopic (exact) mass is 270 g/mol. The number of pyridine rings is 1. The van der Waals surface area contributed by atoms with Gasteiger partial charge in [0.1, 0.15) is 13.2 Å². The quantitative estimate of drug-likeness (QED) is 0.926. The smallest absolute Gasteiger partial charge is 0.166 e. The van der Waals surface area contributed by atoms with Gasteiger partial charge in [0.15, 0.2) is 11.5 Å². The molecule has 1 N–H and O–H groups in total. The van der Waals surface area contributed by atoms with Gasteiger partial charge in [0.2, 0.25) is 0 Å². The Morgan fingerprint density at radius 3 is 2.85 bits per heavy atom. The van der Waals surface area contributed by atoms with E-state index in [0.29, 0.717) is 13.2 Å². The molecule has 4 nitrogen and oxygen atoms in total. The number of nitrogens with zero attached hydrogens (tertiary/aromatic N) is 1. The lowest BCUT2D eigenvalue weighted by atomic mass is 10.00. The third-order valence-corrected chi connectivity index (χ3v) is 3.46. The summed E-state index contributed by atoms with van der Waals surface area (Å²) < 4.78 is 11.4. The Morgan fingerprint density at radius 1 is 1.15 bits per heavy atom. The lowest BCUT2D eigenvalue weighted by molar-refractivity contribution is 0.168. The number of hydrogen-bond acceptors (Lipinski definition) is 4. The van der Waals surface area contributed by atoms with Crippen molar-refractivity contribution in [3.63, 3.8) is 0 Å². The molecular weight excluding hydrogens is 252 g/mol. The maximum absolute atomic E-state index is 5.79. The van der Waals surface area contributed by atoms with Crippen LogP contribution in [-0.2, 0) is 6.42 Å². The van der Waals surface area contributed by atoms with Crippen LogP contribution in [0.2, 0.25) is 0 Å². The van der Waals surface area contributed by atoms with E-state index in [0.717, 1.165) is 29.2 Å². The Balaban J connectivity index is 1.90. The molecule has 0 aliphatic carbocycles. The fourth-order valence-electron chi connectivity index (χ4n) is 2.47. The van der Waals surface area contributed by atoms with Crippen molar-refractivity contribution in [2.24, 2.45) is 0 Å². The lowest BCUT2D eigenvalue weighted by Gasteiger charge is -2.25. The zero-order valence-electron chi connectivity index (χ0n) is 11.5. The topological polar surface area (TPSA) is 43.4 Å². The highest BCUT2D eigenvalue weighted by Gasteiger charge is 2.21. The number of nitrogens with one attached hydrogen (secondary N) is 1. The standard InChI is InChI=1S/C16H18N2O2/c1-17-14(11-12-5-2-3-8-18-12)13-6-4-7-15-16(13)20-10-9-19-15/h2-8,14,17H,9-11H2,1H3. The molecular formula is C16H18N2O2. The largest absolute Gasteiger partial charge is 0.486 e. The van der Waals surface area contributed by atoms with Crippen molar-refractivity contribution in [1.82, 2.24) is 10.3 Å². The maximum Gasteiger partial charge on any atom is 0.166 e. The van der Waals surface area contributed by atoms with Gasteiger partial charge in [-0.05, 0) is 25.2 Å². The predicted molar refractivity (Wildman–Crippen MR) is 77.2 cm³/mol. The third-order valence-electron chi connectivity index (χ3n) is 3.46. The van der Waals surface area contributed by atoms with Crippen molar-refractivity contribution in [3.05, 3.63) is 53.9 Å². The normalized spacial score (nSPS) is 14.8. The Hall–Kier alpha value is -2.07. The Morgan fingerprint density at radius 2 is 2.05 bits per heavy atom. The fraction of sp³-hybridized carbons (Fsp3) is 0.312. The van der Waals surface area contributed by atoms with Crippen LogP contribution in [0.4, 0.5) is 0 Å². The Labute approximate surface area is 118 Å². The van der Waals surface area contributed by atoms with Crippen molar-refractivity contribution < 1.29 is 9.47 Å². The Kier molecular flexibility index (Phi) is 3.83. The minimum atomic E-state index is 0.154. The number of fused-ring (bicyclic) bond motifs is 1. The van der Waals surface area contributed by atoms with E-state index in [1.807, 2.05) is 43.6 Å². The van der Waals surface area contributed by atoms with Crippen molar-refractivity contribution in [2.45, 2.75) is 12.5 Å². The molecule has 1 atom stereocenters. The number of benzene rings is 1. The molecule has 1 aromatic heterocycles. The second kappa shape index (κ2) is 5.92. The molecule has 1 unspecified atom stereocenters. The first-order valence-corrected chi connectivity index (χ1v) is 6.84. The van der Waals surface area contributed by atoms with Gasteiger partial charge in [0.25, 0.3) is 0 Å². The molecule has 1 aromatic carbocycles. The summed E-state index contributed by atoms with van der Waals surface area (Å²) in [5, 5.41) is 3.34. The summed E-state index contributed by atoms with van der Waals surface area (Å²) in [5.41, 5.74) is 2.18. The van der Waals surface area contributed by atoms with Crippen LogP contribution in [0, 0.1) is 0 Å². The molecule has 0 amide bonds. The molecule has 0 bridgehead atoms. The van der Waals surface area contributed by atoms with E-state index in [1.54, 1.807) is 0 Å². The molecule has 104 valence electrons. The van der Waals surface area contributed by atoms with Crippen LogP contribution < -0.4 is 14.8 Å². The predicted octanol–water partition coefficient (Wildman–Crippen LogP) is 2.36. The summed E-state index contributed by atoms with van der Waals surface area (Å²) in [6.07, 6.45) is 2.64. The van der Waals surface area contributed by atoms with Gasteiger partial charge in [-0.3, -0.25) is 4.98 Å². The molecule has 2 aromatic rings. The van der Waals surface area contributed by atoms with Gasteiger partial charge >= 0.3 is 0 Å². The number of ether oxygens (including phenoxy) is 2. The molecule has 20 heavy (non-hydrogen) atoms. The third kappa shape index (κ3) is 2.60. The summed E-state index contributed by atoms with van der Waals surface area (Å²) in [6, 6.07) is 12.2. The van der Waals surface area contributed by atoms with E-state index in [2.05, 4.69) is 16.4 Å². The van der Waals surface area contributed by atoms with E-state index in [-0.39, 0.29) is 6.04 Å². The summed E-state index contributed by atoms with van der Waals surface area (Å²) in [7, 11) is 1.96. The van der Waals surface area contributed by atoms with Gasteiger partial charge in [0.05, 0.1) is 0 Å². The number of rotatable bonds is 4. The highest BCUT2D eigenvalue weighted by molar-refractivity contribution is 5.49. The summed E-state index contributed by atoms with van der Waals surface area (Å²) >= 11 is 0. The van der Waals surface area contributed by atoms with E-state index < -0.39 is 0 Å². The summed E-state index contributed by atoms with van der Waals surface area (Å²) in [4.78, 5) is 4.39. The number of hydrogen-bond donors (Lipinski definition) is 1. The van der Waals surface area contributed by atoms with Crippen LogP contribution in [0.15, 0.2) is 42.6 Å². The lowest BCUT2D eigenvalue weighted by Crippen LogP contribution is -2.23. The molecule has 0 fully saturated rings. The molecule has 0 spiro atoms. The van der Waals surface area contributed by atoms with Gasteiger partial charge in [-0.1, -0.05) is 18.2 Å². The molecule has 0 radical (unpaired) electrons. The van der Waals surface area contributed by atoms with Crippen molar-refractivity contribution >= 4 is 0 Å². The van der Waals surface area contributed by atoms with E-state index in [9.17, 15) is 0 Å². The average molecular weight is 270 g/mol. The first-order chi connectivity index (χ1) is 9.88. The number of aromatic nitrogens is 1. The molecule has 2 heterocycles. The number of likely N-dealkylation sites (N-methyl/N-ethyl adjacent to an activating group) is 1. The maximum atomic E-state index is 5.79. The fourth-order valence-corrected chi connectivity index (χ4v) is 2.47. The van der Waals surface area contributed by atoms with Crippen LogP contribution in [0.1, 0.15) is 17.3 Å². The van der Waals surface area contributed by atoms with Crippen molar-refractivity contribution in [3.8, 4) is 11.5 Å². The van der Waals surface area contributed by atoms with Crippen LogP contribution in [0.25, 0.3) is 0 Å². The molecule has 0 saturated carbocycles.